The molecule has 1 aliphatic heterocycles. The lowest BCUT2D eigenvalue weighted by Crippen LogP contribution is -2.50. The van der Waals surface area contributed by atoms with Gasteiger partial charge in [0.25, 0.3) is 0 Å². The zero-order valence-corrected chi connectivity index (χ0v) is 13.1. The predicted octanol–water partition coefficient (Wildman–Crippen LogP) is 2.98. The van der Waals surface area contributed by atoms with Gasteiger partial charge in [-0.15, -0.1) is 0 Å². The molecule has 2 rings (SSSR count). The first-order valence-electron chi connectivity index (χ1n) is 7.69. The Morgan fingerprint density at radius 2 is 2.19 bits per heavy atom. The summed E-state index contributed by atoms with van der Waals surface area (Å²) in [5, 5.41) is 9.85. The summed E-state index contributed by atoms with van der Waals surface area (Å²) in [6.07, 6.45) is 9.36. The van der Waals surface area contributed by atoms with Crippen LogP contribution in [0.1, 0.15) is 33.6 Å². The number of likely N-dealkylation sites (tertiary alicyclic amines) is 1. The molecule has 0 amide bonds. The molecule has 0 bridgehead atoms. The van der Waals surface area contributed by atoms with Crippen LogP contribution in [0, 0.1) is 5.92 Å². The number of aliphatic hydroxyl groups is 1. The van der Waals surface area contributed by atoms with Gasteiger partial charge in [0, 0.05) is 13.1 Å². The molecule has 0 spiro atoms. The highest BCUT2D eigenvalue weighted by Gasteiger charge is 2.39. The summed E-state index contributed by atoms with van der Waals surface area (Å²) in [5.41, 5.74) is 0.813. The normalized spacial score (nSPS) is 27.8. The van der Waals surface area contributed by atoms with E-state index in [-0.39, 0.29) is 17.4 Å². The van der Waals surface area contributed by atoms with Crippen LogP contribution in [0.5, 0.6) is 0 Å². The fraction of sp³-hybridized carbons (Fsp3) is 0.588. The Morgan fingerprint density at radius 1 is 1.52 bits per heavy atom. The fourth-order valence-electron chi connectivity index (χ4n) is 3.23. The molecule has 0 aromatic heterocycles. The molecule has 0 saturated carbocycles. The number of esters is 1. The maximum atomic E-state index is 11.8. The van der Waals surface area contributed by atoms with E-state index < -0.39 is 0 Å². The number of hydrogen-bond acceptors (Lipinski definition) is 4. The third-order valence-corrected chi connectivity index (χ3v) is 4.43. The number of piperidine rings is 1. The van der Waals surface area contributed by atoms with E-state index in [2.05, 4.69) is 11.8 Å². The highest BCUT2D eigenvalue weighted by Crippen LogP contribution is 2.36. The van der Waals surface area contributed by atoms with Crippen molar-refractivity contribution in [1.29, 1.82) is 0 Å². The second-order valence-corrected chi connectivity index (χ2v) is 5.83. The van der Waals surface area contributed by atoms with Gasteiger partial charge in [-0.1, -0.05) is 12.2 Å². The molecule has 1 heterocycles. The molecular formula is C17H25NO3. The molecule has 1 atom stereocenters. The number of nitrogens with zero attached hydrogens (tertiary/aromatic N) is 1. The maximum Gasteiger partial charge on any atom is 0.309 e. The van der Waals surface area contributed by atoms with Gasteiger partial charge in [-0.3, -0.25) is 9.69 Å². The van der Waals surface area contributed by atoms with Crippen molar-refractivity contribution in [1.82, 2.24) is 4.90 Å². The average molecular weight is 291 g/mol. The van der Waals surface area contributed by atoms with Crippen molar-refractivity contribution in [3.63, 3.8) is 0 Å². The van der Waals surface area contributed by atoms with E-state index in [4.69, 9.17) is 4.74 Å². The van der Waals surface area contributed by atoms with Gasteiger partial charge in [0.15, 0.2) is 0 Å². The second kappa shape index (κ2) is 6.48. The lowest BCUT2D eigenvalue weighted by atomic mass is 9.87. The molecule has 4 heteroatoms. The molecule has 1 unspecified atom stereocenters. The molecule has 0 aromatic carbocycles. The Bertz CT molecular complexity index is 484. The Hall–Kier alpha value is -1.55. The van der Waals surface area contributed by atoms with Gasteiger partial charge in [-0.2, -0.15) is 0 Å². The molecule has 1 fully saturated rings. The summed E-state index contributed by atoms with van der Waals surface area (Å²) in [5.74, 6) is 0.257. The molecule has 0 radical (unpaired) electrons. The van der Waals surface area contributed by atoms with Crippen LogP contribution in [0.25, 0.3) is 0 Å². The van der Waals surface area contributed by atoms with Crippen molar-refractivity contribution in [2.24, 2.45) is 5.92 Å². The molecule has 21 heavy (non-hydrogen) atoms. The first-order chi connectivity index (χ1) is 10.0. The summed E-state index contributed by atoms with van der Waals surface area (Å²) < 4.78 is 5.11. The third kappa shape index (κ3) is 3.21. The fourth-order valence-corrected chi connectivity index (χ4v) is 3.23. The number of hydrogen-bond donors (Lipinski definition) is 1. The van der Waals surface area contributed by atoms with E-state index >= 15 is 0 Å². The van der Waals surface area contributed by atoms with Gasteiger partial charge in [-0.25, -0.2) is 0 Å². The van der Waals surface area contributed by atoms with Crippen LogP contribution in [0.2, 0.25) is 0 Å². The summed E-state index contributed by atoms with van der Waals surface area (Å²) in [6, 6.07) is 0. The number of aliphatic hydroxyl groups excluding tert-OH is 1. The number of allylic oxidation sites excluding steroid dienone is 2. The molecule has 2 aliphatic rings. The van der Waals surface area contributed by atoms with Crippen LogP contribution in [0.4, 0.5) is 0 Å². The van der Waals surface area contributed by atoms with Crippen LogP contribution in [-0.2, 0) is 9.53 Å². The third-order valence-electron chi connectivity index (χ3n) is 4.43. The van der Waals surface area contributed by atoms with Crippen LogP contribution in [0.3, 0.4) is 0 Å². The highest BCUT2D eigenvalue weighted by atomic mass is 16.5. The van der Waals surface area contributed by atoms with Crippen LogP contribution >= 0.6 is 0 Å². The van der Waals surface area contributed by atoms with Gasteiger partial charge in [0.1, 0.15) is 5.76 Å². The van der Waals surface area contributed by atoms with Crippen LogP contribution in [0.15, 0.2) is 35.6 Å². The Kier molecular flexibility index (Phi) is 4.88. The zero-order chi connectivity index (χ0) is 15.5. The van der Waals surface area contributed by atoms with Crippen molar-refractivity contribution in [2.45, 2.75) is 39.2 Å². The van der Waals surface area contributed by atoms with Gasteiger partial charge in [0.2, 0.25) is 0 Å². The summed E-state index contributed by atoms with van der Waals surface area (Å²) in [6.45, 7) is 8.05. The van der Waals surface area contributed by atoms with E-state index in [0.717, 1.165) is 31.5 Å². The van der Waals surface area contributed by atoms with E-state index in [0.29, 0.717) is 12.4 Å². The molecule has 1 saturated heterocycles. The molecule has 1 aliphatic carbocycles. The lowest BCUT2D eigenvalue weighted by molar-refractivity contribution is -0.149. The zero-order valence-electron chi connectivity index (χ0n) is 13.1. The lowest BCUT2D eigenvalue weighted by Gasteiger charge is -2.42. The minimum absolute atomic E-state index is 0.0120. The molecule has 0 aromatic rings. The number of rotatable bonds is 4. The van der Waals surface area contributed by atoms with Gasteiger partial charge in [0.05, 0.1) is 18.1 Å². The van der Waals surface area contributed by atoms with Gasteiger partial charge in [-0.05, 0) is 51.3 Å². The Labute approximate surface area is 126 Å². The van der Waals surface area contributed by atoms with Crippen LogP contribution in [-0.4, -0.2) is 41.2 Å². The van der Waals surface area contributed by atoms with E-state index in [1.165, 1.54) is 0 Å². The van der Waals surface area contributed by atoms with Crippen molar-refractivity contribution in [3.8, 4) is 0 Å². The SMILES string of the molecule is C/C=C\C1=CC(O)=CC1(C)N1CCC(C(=O)OCC)CC1. The molecule has 4 nitrogen and oxygen atoms in total. The Balaban J connectivity index is 2.05. The monoisotopic (exact) mass is 291 g/mol. The van der Waals surface area contributed by atoms with E-state index in [9.17, 15) is 9.90 Å². The van der Waals surface area contributed by atoms with Crippen molar-refractivity contribution < 1.29 is 14.6 Å². The van der Waals surface area contributed by atoms with Gasteiger partial charge < -0.3 is 9.84 Å². The summed E-state index contributed by atoms with van der Waals surface area (Å²) >= 11 is 0. The standard InChI is InChI=1S/C17H25NO3/c1-4-6-14-11-15(19)12-17(14,3)18-9-7-13(8-10-18)16(20)21-5-2/h4,6,11-13,19H,5,7-10H2,1-3H3/b6-4-. The number of carbonyl (C=O) groups excluding carboxylic acids is 1. The Morgan fingerprint density at radius 3 is 2.76 bits per heavy atom. The minimum Gasteiger partial charge on any atom is -0.508 e. The quantitative estimate of drug-likeness (QED) is 0.809. The van der Waals surface area contributed by atoms with E-state index in [1.54, 1.807) is 0 Å². The first kappa shape index (κ1) is 15.8. The maximum absolute atomic E-state index is 11.8. The summed E-state index contributed by atoms with van der Waals surface area (Å²) in [7, 11) is 0. The van der Waals surface area contributed by atoms with Crippen LogP contribution < -0.4 is 0 Å². The first-order valence-corrected chi connectivity index (χ1v) is 7.69. The van der Waals surface area contributed by atoms with Gasteiger partial charge >= 0.3 is 5.97 Å². The molecular weight excluding hydrogens is 266 g/mol. The second-order valence-electron chi connectivity index (χ2n) is 5.83. The largest absolute Gasteiger partial charge is 0.508 e. The van der Waals surface area contributed by atoms with Crippen molar-refractivity contribution >= 4 is 5.97 Å². The topological polar surface area (TPSA) is 49.8 Å². The average Bonchev–Trinajstić information content (AvgIpc) is 2.75. The molecule has 1 N–H and O–H groups in total. The van der Waals surface area contributed by atoms with Crippen molar-refractivity contribution in [3.05, 3.63) is 35.6 Å². The summed E-state index contributed by atoms with van der Waals surface area (Å²) in [4.78, 5) is 14.1. The van der Waals surface area contributed by atoms with Crippen molar-refractivity contribution in [2.75, 3.05) is 19.7 Å². The highest BCUT2D eigenvalue weighted by molar-refractivity contribution is 5.72. The minimum atomic E-state index is -0.282. The number of ether oxygens (including phenoxy) is 1. The number of carbonyl (C=O) groups is 1. The van der Waals surface area contributed by atoms with E-state index in [1.807, 2.05) is 38.2 Å². The predicted molar refractivity (Wildman–Crippen MR) is 82.9 cm³/mol. The molecule has 116 valence electrons. The smallest absolute Gasteiger partial charge is 0.309 e.